The first-order chi connectivity index (χ1) is 14.6. The molecule has 0 aromatic rings. The van der Waals surface area contributed by atoms with E-state index in [9.17, 15) is 9.36 Å². The average molecular weight is 445 g/mol. The third-order valence-corrected chi connectivity index (χ3v) is 7.13. The molecular weight excluding hydrogens is 403 g/mol. The second-order valence-corrected chi connectivity index (χ2v) is 10.0. The van der Waals surface area contributed by atoms with E-state index in [0.717, 1.165) is 19.3 Å². The number of allylic oxidation sites excluding steroid dienone is 1. The fourth-order valence-electron chi connectivity index (χ4n) is 3.96. The second kappa shape index (κ2) is 14.3. The molecule has 0 aromatic heterocycles. The molecule has 0 aromatic carbocycles. The number of carbonyl (C=O) groups excluding carboxylic acids is 1. The molecular formula is C23H41O6P. The maximum absolute atomic E-state index is 12.9. The van der Waals surface area contributed by atoms with Gasteiger partial charge in [-0.2, -0.15) is 0 Å². The zero-order valence-electron chi connectivity index (χ0n) is 19.0. The number of esters is 1. The summed E-state index contributed by atoms with van der Waals surface area (Å²) < 4.78 is 34.7. The van der Waals surface area contributed by atoms with Gasteiger partial charge in [-0.3, -0.25) is 9.05 Å². The van der Waals surface area contributed by atoms with Crippen molar-refractivity contribution < 1.29 is 27.7 Å². The Morgan fingerprint density at radius 2 is 1.47 bits per heavy atom. The van der Waals surface area contributed by atoms with Crippen LogP contribution >= 0.6 is 7.82 Å². The maximum atomic E-state index is 12.9. The molecule has 0 aliphatic carbocycles. The third-order valence-electron chi connectivity index (χ3n) is 5.72. The lowest BCUT2D eigenvalue weighted by Crippen LogP contribution is -2.10. The SMILES string of the molecule is CCCCCCCCCCCCCCO[P@]1(=O)OC[C@@H]2COC(=O)C2=C(CCC)O1. The van der Waals surface area contributed by atoms with Crippen LogP contribution in [0.2, 0.25) is 0 Å². The van der Waals surface area contributed by atoms with E-state index in [1.165, 1.54) is 64.2 Å². The van der Waals surface area contributed by atoms with E-state index in [-0.39, 0.29) is 25.1 Å². The predicted molar refractivity (Wildman–Crippen MR) is 118 cm³/mol. The summed E-state index contributed by atoms with van der Waals surface area (Å²) in [5.41, 5.74) is 0.475. The highest BCUT2D eigenvalue weighted by atomic mass is 31.2. The molecule has 6 nitrogen and oxygen atoms in total. The standard InChI is InChI=1S/C23H41O6P/c1-3-5-6-7-8-9-10-11-12-13-14-15-17-27-30(25)28-19-20-18-26-23(24)22(20)21(29-30)16-4-2/h20H,3-19H2,1-2H3/t20-,30+/m0/s1. The molecule has 2 aliphatic heterocycles. The van der Waals surface area contributed by atoms with E-state index in [1.54, 1.807) is 0 Å². The highest BCUT2D eigenvalue weighted by Crippen LogP contribution is 2.55. The number of cyclic esters (lactones) is 1. The van der Waals surface area contributed by atoms with Crippen LogP contribution < -0.4 is 0 Å². The fraction of sp³-hybridized carbons (Fsp3) is 0.870. The van der Waals surface area contributed by atoms with E-state index in [2.05, 4.69) is 6.92 Å². The summed E-state index contributed by atoms with van der Waals surface area (Å²) >= 11 is 0. The van der Waals surface area contributed by atoms with Crippen LogP contribution in [0.1, 0.15) is 104 Å². The first kappa shape index (κ1) is 25.4. The van der Waals surface area contributed by atoms with Gasteiger partial charge in [0.15, 0.2) is 0 Å². The highest BCUT2D eigenvalue weighted by molar-refractivity contribution is 7.48. The average Bonchev–Trinajstić information content (AvgIpc) is 3.03. The Morgan fingerprint density at radius 1 is 0.867 bits per heavy atom. The number of hydrogen-bond acceptors (Lipinski definition) is 6. The molecule has 2 heterocycles. The van der Waals surface area contributed by atoms with Gasteiger partial charge in [-0.25, -0.2) is 9.36 Å². The largest absolute Gasteiger partial charge is 0.529 e. The van der Waals surface area contributed by atoms with Crippen molar-refractivity contribution in [2.45, 2.75) is 104 Å². The minimum atomic E-state index is -3.67. The van der Waals surface area contributed by atoms with Gasteiger partial charge < -0.3 is 9.26 Å². The number of carbonyl (C=O) groups is 1. The Morgan fingerprint density at radius 3 is 2.07 bits per heavy atom. The topological polar surface area (TPSA) is 71.1 Å². The van der Waals surface area contributed by atoms with Crippen molar-refractivity contribution in [1.29, 1.82) is 0 Å². The minimum Gasteiger partial charge on any atom is -0.461 e. The second-order valence-electron chi connectivity index (χ2n) is 8.44. The molecule has 0 radical (unpaired) electrons. The van der Waals surface area contributed by atoms with Crippen molar-refractivity contribution in [2.75, 3.05) is 19.8 Å². The quantitative estimate of drug-likeness (QED) is 0.144. The fourth-order valence-corrected chi connectivity index (χ4v) is 5.31. The number of rotatable bonds is 16. The van der Waals surface area contributed by atoms with Crippen molar-refractivity contribution >= 4 is 13.8 Å². The van der Waals surface area contributed by atoms with Gasteiger partial charge in [0.05, 0.1) is 24.7 Å². The first-order valence-electron chi connectivity index (χ1n) is 12.1. The van der Waals surface area contributed by atoms with Gasteiger partial charge in [-0.05, 0) is 12.8 Å². The van der Waals surface area contributed by atoms with Crippen molar-refractivity contribution in [3.8, 4) is 0 Å². The molecule has 2 aliphatic rings. The molecule has 7 heteroatoms. The normalized spacial score (nSPS) is 23.8. The summed E-state index contributed by atoms with van der Waals surface area (Å²) in [5.74, 6) is -0.188. The van der Waals surface area contributed by atoms with Crippen LogP contribution in [0.4, 0.5) is 0 Å². The van der Waals surface area contributed by atoms with E-state index in [4.69, 9.17) is 18.3 Å². The van der Waals surface area contributed by atoms with E-state index < -0.39 is 7.82 Å². The molecule has 1 saturated heterocycles. The zero-order chi connectivity index (χ0) is 21.7. The van der Waals surface area contributed by atoms with Crippen LogP contribution in [0, 0.1) is 5.92 Å². The lowest BCUT2D eigenvalue weighted by atomic mass is 10.0. The Labute approximate surface area is 182 Å². The van der Waals surface area contributed by atoms with Crippen molar-refractivity contribution in [3.05, 3.63) is 11.3 Å². The summed E-state index contributed by atoms with van der Waals surface area (Å²) in [6, 6.07) is 0. The molecule has 30 heavy (non-hydrogen) atoms. The lowest BCUT2D eigenvalue weighted by Gasteiger charge is -2.18. The molecule has 2 rings (SSSR count). The van der Waals surface area contributed by atoms with Crippen LogP contribution in [0.15, 0.2) is 11.3 Å². The summed E-state index contributed by atoms with van der Waals surface area (Å²) in [6.07, 6.45) is 16.4. The number of phosphoric ester groups is 1. The highest BCUT2D eigenvalue weighted by Gasteiger charge is 2.43. The number of ether oxygens (including phenoxy) is 1. The Balaban J connectivity index is 1.58. The number of fused-ring (bicyclic) bond motifs is 1. The predicted octanol–water partition coefficient (Wildman–Crippen LogP) is 7.09. The molecule has 174 valence electrons. The molecule has 0 spiro atoms. The Bertz CT molecular complexity index is 588. The summed E-state index contributed by atoms with van der Waals surface area (Å²) in [6.45, 7) is 4.96. The van der Waals surface area contributed by atoms with Gasteiger partial charge in [0.25, 0.3) is 0 Å². The maximum Gasteiger partial charge on any atom is 0.529 e. The van der Waals surface area contributed by atoms with Crippen LogP contribution in [0.5, 0.6) is 0 Å². The lowest BCUT2D eigenvalue weighted by molar-refractivity contribution is -0.135. The summed E-state index contributed by atoms with van der Waals surface area (Å²) in [7, 11) is -3.67. The number of unbranched alkanes of at least 4 members (excludes halogenated alkanes) is 11. The number of phosphoric acid groups is 1. The van der Waals surface area contributed by atoms with Gasteiger partial charge in [-0.15, -0.1) is 0 Å². The minimum absolute atomic E-state index is 0.129. The van der Waals surface area contributed by atoms with Gasteiger partial charge in [0.2, 0.25) is 0 Å². The van der Waals surface area contributed by atoms with Crippen LogP contribution in [-0.2, 0) is 27.7 Å². The zero-order valence-corrected chi connectivity index (χ0v) is 19.9. The smallest absolute Gasteiger partial charge is 0.461 e. The summed E-state index contributed by atoms with van der Waals surface area (Å²) in [5, 5.41) is 0. The Hall–Kier alpha value is -0.840. The summed E-state index contributed by atoms with van der Waals surface area (Å²) in [4.78, 5) is 12.0. The molecule has 0 unspecified atom stereocenters. The molecule has 0 N–H and O–H groups in total. The van der Waals surface area contributed by atoms with Gasteiger partial charge in [-0.1, -0.05) is 84.5 Å². The molecule has 1 fully saturated rings. The number of hydrogen-bond donors (Lipinski definition) is 0. The van der Waals surface area contributed by atoms with Crippen LogP contribution in [-0.4, -0.2) is 25.8 Å². The van der Waals surface area contributed by atoms with E-state index in [1.807, 2.05) is 6.92 Å². The third kappa shape index (κ3) is 8.72. The van der Waals surface area contributed by atoms with Crippen molar-refractivity contribution in [3.63, 3.8) is 0 Å². The first-order valence-corrected chi connectivity index (χ1v) is 13.5. The molecule has 0 saturated carbocycles. The molecule has 0 amide bonds. The molecule has 0 bridgehead atoms. The molecule has 2 atom stereocenters. The van der Waals surface area contributed by atoms with Crippen LogP contribution in [0.3, 0.4) is 0 Å². The van der Waals surface area contributed by atoms with Crippen LogP contribution in [0.25, 0.3) is 0 Å². The van der Waals surface area contributed by atoms with Crippen molar-refractivity contribution in [1.82, 2.24) is 0 Å². The van der Waals surface area contributed by atoms with Crippen molar-refractivity contribution in [2.24, 2.45) is 5.92 Å². The monoisotopic (exact) mass is 444 g/mol. The van der Waals surface area contributed by atoms with Gasteiger partial charge >= 0.3 is 13.8 Å². The van der Waals surface area contributed by atoms with E-state index >= 15 is 0 Å². The Kier molecular flexibility index (Phi) is 12.1. The van der Waals surface area contributed by atoms with Gasteiger partial charge in [0, 0.05) is 6.42 Å². The van der Waals surface area contributed by atoms with Gasteiger partial charge in [0.1, 0.15) is 12.4 Å². The van der Waals surface area contributed by atoms with E-state index in [0.29, 0.717) is 24.4 Å².